The Labute approximate surface area is 166 Å². The van der Waals surface area contributed by atoms with Gasteiger partial charge in [-0.3, -0.25) is 4.79 Å². The fraction of sp³-hybridized carbons (Fsp3) is 0.632. The number of piperazine rings is 1. The van der Waals surface area contributed by atoms with E-state index in [9.17, 15) is 13.2 Å². The van der Waals surface area contributed by atoms with Gasteiger partial charge in [-0.15, -0.1) is 11.8 Å². The Bertz CT molecular complexity index is 723. The highest BCUT2D eigenvalue weighted by molar-refractivity contribution is 8.00. The molecule has 1 saturated heterocycles. The number of carbonyl (C=O) groups excluding carboxylic acids is 1. The molecule has 2 fully saturated rings. The molecule has 1 N–H and O–H groups in total. The normalized spacial score (nSPS) is 20.5. The molecule has 0 bridgehead atoms. The Hall–Kier alpha value is -1.09. The number of sulfonamides is 1. The Morgan fingerprint density at radius 3 is 2.33 bits per heavy atom. The first-order chi connectivity index (χ1) is 12.9. The predicted octanol–water partition coefficient (Wildman–Crippen LogP) is 2.16. The summed E-state index contributed by atoms with van der Waals surface area (Å²) in [4.78, 5) is 15.5. The van der Waals surface area contributed by atoms with Crippen molar-refractivity contribution in [3.8, 4) is 0 Å². The van der Waals surface area contributed by atoms with Crippen molar-refractivity contribution in [3.63, 3.8) is 0 Å². The summed E-state index contributed by atoms with van der Waals surface area (Å²) in [6, 6.07) is 7.20. The molecule has 8 heteroatoms. The number of nitrogens with zero attached hydrogens (tertiary/aromatic N) is 2. The van der Waals surface area contributed by atoms with Gasteiger partial charge in [0.15, 0.2) is 0 Å². The van der Waals surface area contributed by atoms with Gasteiger partial charge in [-0.2, -0.15) is 4.31 Å². The monoisotopic (exact) mass is 411 g/mol. The molecule has 27 heavy (non-hydrogen) atoms. The van der Waals surface area contributed by atoms with Crippen LogP contribution >= 0.6 is 11.8 Å². The van der Waals surface area contributed by atoms with Gasteiger partial charge in [-0.05, 0) is 44.2 Å². The minimum Gasteiger partial charge on any atom is -0.353 e. The van der Waals surface area contributed by atoms with Crippen LogP contribution in [0.3, 0.4) is 0 Å². The van der Waals surface area contributed by atoms with Crippen LogP contribution in [0.4, 0.5) is 0 Å². The van der Waals surface area contributed by atoms with Crippen LogP contribution in [0.1, 0.15) is 32.1 Å². The Morgan fingerprint density at radius 2 is 1.70 bits per heavy atom. The van der Waals surface area contributed by atoms with Crippen molar-refractivity contribution in [2.75, 3.05) is 39.0 Å². The third kappa shape index (κ3) is 5.70. The highest BCUT2D eigenvalue weighted by atomic mass is 32.2. The molecule has 2 aliphatic rings. The summed E-state index contributed by atoms with van der Waals surface area (Å²) >= 11 is 1.45. The van der Waals surface area contributed by atoms with Crippen molar-refractivity contribution in [1.29, 1.82) is 0 Å². The molecule has 150 valence electrons. The average molecular weight is 412 g/mol. The van der Waals surface area contributed by atoms with Crippen LogP contribution in [0.25, 0.3) is 0 Å². The van der Waals surface area contributed by atoms with E-state index in [4.69, 9.17) is 0 Å². The van der Waals surface area contributed by atoms with Crippen LogP contribution in [0.5, 0.6) is 0 Å². The molecule has 0 aromatic heterocycles. The molecule has 0 unspecified atom stereocenters. The number of thioether (sulfide) groups is 1. The smallest absolute Gasteiger partial charge is 0.243 e. The molecule has 1 amide bonds. The SMILES string of the molecule is CN1CCN(S(=O)(=O)c2ccc(SCC(=O)NC3CCCCC3)cc2)CC1. The van der Waals surface area contributed by atoms with Gasteiger partial charge in [0.25, 0.3) is 0 Å². The summed E-state index contributed by atoms with van der Waals surface area (Å²) in [5.41, 5.74) is 0. The third-order valence-electron chi connectivity index (χ3n) is 5.26. The van der Waals surface area contributed by atoms with Crippen LogP contribution in [-0.4, -0.2) is 68.6 Å². The number of hydrogen-bond acceptors (Lipinski definition) is 5. The molecule has 0 atom stereocenters. The van der Waals surface area contributed by atoms with Gasteiger partial charge < -0.3 is 10.2 Å². The molecule has 3 rings (SSSR count). The molecule has 1 saturated carbocycles. The van der Waals surface area contributed by atoms with Gasteiger partial charge in [0, 0.05) is 37.1 Å². The van der Waals surface area contributed by atoms with Gasteiger partial charge in [-0.1, -0.05) is 19.3 Å². The molecule has 1 heterocycles. The molecular formula is C19H29N3O3S2. The van der Waals surface area contributed by atoms with Crippen LogP contribution in [0, 0.1) is 0 Å². The zero-order chi connectivity index (χ0) is 19.3. The summed E-state index contributed by atoms with van der Waals surface area (Å²) < 4.78 is 27.0. The molecule has 0 spiro atoms. The van der Waals surface area contributed by atoms with Crippen molar-refractivity contribution < 1.29 is 13.2 Å². The van der Waals surface area contributed by atoms with E-state index in [0.717, 1.165) is 30.8 Å². The van der Waals surface area contributed by atoms with Gasteiger partial charge in [0.2, 0.25) is 15.9 Å². The van der Waals surface area contributed by atoms with Crippen molar-refractivity contribution >= 4 is 27.7 Å². The summed E-state index contributed by atoms with van der Waals surface area (Å²) in [5.74, 6) is 0.419. The quantitative estimate of drug-likeness (QED) is 0.727. The first-order valence-electron chi connectivity index (χ1n) is 9.66. The predicted molar refractivity (Wildman–Crippen MR) is 108 cm³/mol. The molecule has 0 radical (unpaired) electrons. The maximum atomic E-state index is 12.7. The lowest BCUT2D eigenvalue weighted by molar-refractivity contribution is -0.119. The average Bonchev–Trinajstić information content (AvgIpc) is 2.68. The van der Waals surface area contributed by atoms with Crippen LogP contribution in [-0.2, 0) is 14.8 Å². The second-order valence-corrected chi connectivity index (χ2v) is 10.4. The lowest BCUT2D eigenvalue weighted by Crippen LogP contribution is -2.46. The number of benzene rings is 1. The summed E-state index contributed by atoms with van der Waals surface area (Å²) in [6.45, 7) is 2.56. The molecule has 1 aliphatic carbocycles. The van der Waals surface area contributed by atoms with Crippen LogP contribution < -0.4 is 5.32 Å². The van der Waals surface area contributed by atoms with E-state index in [1.165, 1.54) is 31.0 Å². The number of rotatable bonds is 6. The lowest BCUT2D eigenvalue weighted by atomic mass is 9.95. The van der Waals surface area contributed by atoms with Gasteiger partial charge in [0.05, 0.1) is 10.6 Å². The van der Waals surface area contributed by atoms with Crippen molar-refractivity contribution in [2.24, 2.45) is 0 Å². The highest BCUT2D eigenvalue weighted by Crippen LogP contribution is 2.23. The molecule has 6 nitrogen and oxygen atoms in total. The van der Waals surface area contributed by atoms with E-state index in [0.29, 0.717) is 29.8 Å². The van der Waals surface area contributed by atoms with E-state index in [-0.39, 0.29) is 5.91 Å². The minimum absolute atomic E-state index is 0.0565. The topological polar surface area (TPSA) is 69.7 Å². The lowest BCUT2D eigenvalue weighted by Gasteiger charge is -2.31. The van der Waals surface area contributed by atoms with E-state index in [2.05, 4.69) is 10.2 Å². The Morgan fingerprint density at radius 1 is 1.07 bits per heavy atom. The van der Waals surface area contributed by atoms with Gasteiger partial charge in [0.1, 0.15) is 0 Å². The van der Waals surface area contributed by atoms with Crippen molar-refractivity contribution in [2.45, 2.75) is 47.9 Å². The number of likely N-dealkylation sites (N-methyl/N-ethyl adjacent to an activating group) is 1. The Balaban J connectivity index is 1.51. The first kappa shape index (κ1) is 20.6. The minimum atomic E-state index is -3.43. The first-order valence-corrected chi connectivity index (χ1v) is 12.1. The fourth-order valence-electron chi connectivity index (χ4n) is 3.55. The number of carbonyl (C=O) groups is 1. The largest absolute Gasteiger partial charge is 0.353 e. The summed E-state index contributed by atoms with van der Waals surface area (Å²) in [5, 5.41) is 3.11. The number of amides is 1. The van der Waals surface area contributed by atoms with E-state index < -0.39 is 10.0 Å². The van der Waals surface area contributed by atoms with E-state index >= 15 is 0 Å². The summed E-state index contributed by atoms with van der Waals surface area (Å²) in [6.07, 6.45) is 5.82. The number of hydrogen-bond donors (Lipinski definition) is 1. The van der Waals surface area contributed by atoms with Gasteiger partial charge in [-0.25, -0.2) is 8.42 Å². The maximum Gasteiger partial charge on any atom is 0.243 e. The second-order valence-electron chi connectivity index (χ2n) is 7.37. The van der Waals surface area contributed by atoms with E-state index in [1.807, 2.05) is 7.05 Å². The fourth-order valence-corrected chi connectivity index (χ4v) is 5.68. The second kappa shape index (κ2) is 9.41. The van der Waals surface area contributed by atoms with Crippen molar-refractivity contribution in [1.82, 2.24) is 14.5 Å². The maximum absolute atomic E-state index is 12.7. The van der Waals surface area contributed by atoms with Crippen LogP contribution in [0.2, 0.25) is 0 Å². The zero-order valence-corrected chi connectivity index (χ0v) is 17.5. The molecule has 1 aliphatic heterocycles. The van der Waals surface area contributed by atoms with Gasteiger partial charge >= 0.3 is 0 Å². The van der Waals surface area contributed by atoms with Crippen LogP contribution in [0.15, 0.2) is 34.1 Å². The Kier molecular flexibility index (Phi) is 7.19. The molecule has 1 aromatic carbocycles. The zero-order valence-electron chi connectivity index (χ0n) is 15.9. The molecule has 1 aromatic rings. The highest BCUT2D eigenvalue weighted by Gasteiger charge is 2.27. The van der Waals surface area contributed by atoms with E-state index in [1.54, 1.807) is 28.6 Å². The molecular weight excluding hydrogens is 382 g/mol. The third-order valence-corrected chi connectivity index (χ3v) is 8.19. The number of nitrogens with one attached hydrogen (secondary N) is 1. The van der Waals surface area contributed by atoms with Crippen molar-refractivity contribution in [3.05, 3.63) is 24.3 Å². The standard InChI is InChI=1S/C19H29N3O3S2/c1-21-11-13-22(14-12-21)27(24,25)18-9-7-17(8-10-18)26-15-19(23)20-16-5-3-2-4-6-16/h7-10,16H,2-6,11-15H2,1H3,(H,20,23). The summed E-state index contributed by atoms with van der Waals surface area (Å²) in [7, 11) is -1.43.